The molecule has 0 aliphatic carbocycles. The number of nitrogens with one attached hydrogen (secondary N) is 1. The lowest BCUT2D eigenvalue weighted by atomic mass is 10.2. The highest BCUT2D eigenvalue weighted by Crippen LogP contribution is 2.19. The van der Waals surface area contributed by atoms with E-state index < -0.39 is 0 Å². The Morgan fingerprint density at radius 3 is 2.79 bits per heavy atom. The molecule has 3 aromatic rings. The van der Waals surface area contributed by atoms with Gasteiger partial charge in [-0.1, -0.05) is 50.1 Å². The monoisotopic (exact) mass is 396 g/mol. The van der Waals surface area contributed by atoms with Crippen LogP contribution in [0.2, 0.25) is 0 Å². The summed E-state index contributed by atoms with van der Waals surface area (Å²) in [4.78, 5) is 33.9. The third kappa shape index (κ3) is 5.19. The third-order valence-corrected chi connectivity index (χ3v) is 5.32. The molecule has 6 nitrogen and oxygen atoms in total. The molecule has 1 aromatic carbocycles. The Morgan fingerprint density at radius 1 is 1.14 bits per heavy atom. The van der Waals surface area contributed by atoms with Gasteiger partial charge in [0.15, 0.2) is 5.16 Å². The van der Waals surface area contributed by atoms with Crippen molar-refractivity contribution < 1.29 is 4.79 Å². The number of benzene rings is 1. The molecule has 1 amide bonds. The maximum atomic E-state index is 12.9. The number of unbranched alkanes of at least 4 members (excludes halogenated alkanes) is 3. The van der Waals surface area contributed by atoms with Crippen LogP contribution in [0.1, 0.15) is 32.6 Å². The number of amides is 1. The van der Waals surface area contributed by atoms with Gasteiger partial charge >= 0.3 is 0 Å². The summed E-state index contributed by atoms with van der Waals surface area (Å²) >= 11 is 1.29. The van der Waals surface area contributed by atoms with Crippen LogP contribution in [0.5, 0.6) is 0 Å². The Hall–Kier alpha value is -2.67. The van der Waals surface area contributed by atoms with Gasteiger partial charge in [0.05, 0.1) is 28.5 Å². The number of hydrogen-bond acceptors (Lipinski definition) is 5. The fourth-order valence-corrected chi connectivity index (χ4v) is 3.74. The van der Waals surface area contributed by atoms with Gasteiger partial charge in [-0.15, -0.1) is 0 Å². The largest absolute Gasteiger partial charge is 0.324 e. The molecule has 0 saturated carbocycles. The first kappa shape index (κ1) is 20.1. The van der Waals surface area contributed by atoms with E-state index in [1.165, 1.54) is 11.8 Å². The molecule has 7 heteroatoms. The smallest absolute Gasteiger partial charge is 0.262 e. The van der Waals surface area contributed by atoms with E-state index in [1.54, 1.807) is 35.2 Å². The fraction of sp³-hybridized carbons (Fsp3) is 0.333. The summed E-state index contributed by atoms with van der Waals surface area (Å²) in [5.41, 5.74) is 1.27. The van der Waals surface area contributed by atoms with Crippen LogP contribution in [0.25, 0.3) is 10.9 Å². The summed E-state index contributed by atoms with van der Waals surface area (Å²) < 4.78 is 1.71. The normalized spacial score (nSPS) is 10.9. The van der Waals surface area contributed by atoms with E-state index in [2.05, 4.69) is 22.2 Å². The van der Waals surface area contributed by atoms with Gasteiger partial charge < -0.3 is 5.32 Å². The van der Waals surface area contributed by atoms with Crippen LogP contribution in [0.4, 0.5) is 5.69 Å². The summed E-state index contributed by atoms with van der Waals surface area (Å²) in [7, 11) is 0. The van der Waals surface area contributed by atoms with Crippen LogP contribution >= 0.6 is 11.8 Å². The summed E-state index contributed by atoms with van der Waals surface area (Å²) in [5, 5.41) is 4.00. The highest BCUT2D eigenvalue weighted by Gasteiger charge is 2.13. The van der Waals surface area contributed by atoms with E-state index in [4.69, 9.17) is 0 Å². The zero-order valence-electron chi connectivity index (χ0n) is 15.9. The van der Waals surface area contributed by atoms with Gasteiger partial charge in [0.1, 0.15) is 0 Å². The number of rotatable bonds is 9. The maximum absolute atomic E-state index is 12.9. The maximum Gasteiger partial charge on any atom is 0.262 e. The van der Waals surface area contributed by atoms with Crippen LogP contribution in [0.3, 0.4) is 0 Å². The second-order valence-corrected chi connectivity index (χ2v) is 7.45. The predicted molar refractivity (Wildman–Crippen MR) is 114 cm³/mol. The van der Waals surface area contributed by atoms with Crippen molar-refractivity contribution in [1.82, 2.24) is 14.5 Å². The van der Waals surface area contributed by atoms with E-state index >= 15 is 0 Å². The molecule has 0 bridgehead atoms. The van der Waals surface area contributed by atoms with E-state index in [0.717, 1.165) is 25.7 Å². The fourth-order valence-electron chi connectivity index (χ4n) is 2.92. The average molecular weight is 397 g/mol. The molecule has 2 heterocycles. The topological polar surface area (TPSA) is 76.9 Å². The Bertz CT molecular complexity index is 989. The Kier molecular flexibility index (Phi) is 7.19. The predicted octanol–water partition coefficient (Wildman–Crippen LogP) is 4.10. The van der Waals surface area contributed by atoms with Crippen molar-refractivity contribution in [3.8, 4) is 0 Å². The van der Waals surface area contributed by atoms with Gasteiger partial charge in [-0.25, -0.2) is 4.98 Å². The van der Waals surface area contributed by atoms with Crippen molar-refractivity contribution in [3.05, 3.63) is 59.1 Å². The highest BCUT2D eigenvalue weighted by molar-refractivity contribution is 7.99. The van der Waals surface area contributed by atoms with Crippen molar-refractivity contribution in [2.24, 2.45) is 0 Å². The third-order valence-electron chi connectivity index (χ3n) is 4.34. The van der Waals surface area contributed by atoms with Crippen LogP contribution in [-0.4, -0.2) is 26.2 Å². The molecule has 2 aromatic heterocycles. The Balaban J connectivity index is 1.77. The lowest BCUT2D eigenvalue weighted by Crippen LogP contribution is -2.24. The summed E-state index contributed by atoms with van der Waals surface area (Å²) in [5.74, 6) is 0.0205. The Morgan fingerprint density at radius 2 is 2.00 bits per heavy atom. The molecule has 1 N–H and O–H groups in total. The summed E-state index contributed by atoms with van der Waals surface area (Å²) in [6.07, 6.45) is 7.53. The van der Waals surface area contributed by atoms with Crippen molar-refractivity contribution in [1.29, 1.82) is 0 Å². The number of aromatic nitrogens is 3. The molecule has 0 fully saturated rings. The number of thioether (sulfide) groups is 1. The molecular weight excluding hydrogens is 372 g/mol. The van der Waals surface area contributed by atoms with Crippen LogP contribution in [-0.2, 0) is 11.3 Å². The molecule has 28 heavy (non-hydrogen) atoms. The molecule has 0 aliphatic rings. The molecule has 0 aliphatic heterocycles. The summed E-state index contributed by atoms with van der Waals surface area (Å²) in [6, 6.07) is 10.9. The molecule has 0 saturated heterocycles. The van der Waals surface area contributed by atoms with E-state index in [9.17, 15) is 9.59 Å². The lowest BCUT2D eigenvalue weighted by molar-refractivity contribution is -0.113. The van der Waals surface area contributed by atoms with Crippen LogP contribution < -0.4 is 10.9 Å². The number of carbonyl (C=O) groups excluding carboxylic acids is 1. The zero-order valence-corrected chi connectivity index (χ0v) is 16.7. The first-order valence-corrected chi connectivity index (χ1v) is 10.5. The number of carbonyl (C=O) groups is 1. The van der Waals surface area contributed by atoms with Gasteiger partial charge in [-0.2, -0.15) is 0 Å². The molecule has 146 valence electrons. The highest BCUT2D eigenvalue weighted by atomic mass is 32.2. The SMILES string of the molecule is CCCCCCn1c(SCC(=O)Nc2cccnc2)nc2ccccc2c1=O. The van der Waals surface area contributed by atoms with Gasteiger partial charge in [-0.3, -0.25) is 19.1 Å². The Labute approximate surface area is 168 Å². The first-order valence-electron chi connectivity index (χ1n) is 9.51. The van der Waals surface area contributed by atoms with E-state index in [-0.39, 0.29) is 17.2 Å². The van der Waals surface area contributed by atoms with Gasteiger partial charge in [0.25, 0.3) is 5.56 Å². The van der Waals surface area contributed by atoms with Crippen molar-refractivity contribution >= 4 is 34.3 Å². The average Bonchev–Trinajstić information content (AvgIpc) is 2.72. The van der Waals surface area contributed by atoms with Gasteiger partial charge in [-0.05, 0) is 30.7 Å². The number of pyridine rings is 1. The van der Waals surface area contributed by atoms with Gasteiger partial charge in [0.2, 0.25) is 5.91 Å². The number of nitrogens with zero attached hydrogens (tertiary/aromatic N) is 3. The molecule has 3 rings (SSSR count). The zero-order chi connectivity index (χ0) is 19.8. The van der Waals surface area contributed by atoms with Crippen LogP contribution in [0.15, 0.2) is 58.7 Å². The number of anilines is 1. The minimum absolute atomic E-state index is 0.0442. The second kappa shape index (κ2) is 10.0. The van der Waals surface area contributed by atoms with Crippen molar-refractivity contribution in [3.63, 3.8) is 0 Å². The van der Waals surface area contributed by atoms with Crippen molar-refractivity contribution in [2.45, 2.75) is 44.3 Å². The van der Waals surface area contributed by atoms with Gasteiger partial charge in [0, 0.05) is 12.7 Å². The number of hydrogen-bond donors (Lipinski definition) is 1. The molecule has 0 atom stereocenters. The minimum atomic E-state index is -0.155. The number of fused-ring (bicyclic) bond motifs is 1. The van der Waals surface area contributed by atoms with E-state index in [0.29, 0.717) is 28.3 Å². The van der Waals surface area contributed by atoms with E-state index in [1.807, 2.05) is 18.2 Å². The standard InChI is InChI=1S/C21H24N4O2S/c1-2-3-4-7-13-25-20(27)17-10-5-6-11-18(17)24-21(25)28-15-19(26)23-16-9-8-12-22-14-16/h5-6,8-12,14H,2-4,7,13,15H2,1H3,(H,23,26). The first-order chi connectivity index (χ1) is 13.7. The lowest BCUT2D eigenvalue weighted by Gasteiger charge is -2.13. The molecule has 0 unspecified atom stereocenters. The summed E-state index contributed by atoms with van der Waals surface area (Å²) in [6.45, 7) is 2.77. The van der Waals surface area contributed by atoms with Crippen molar-refractivity contribution in [2.75, 3.05) is 11.1 Å². The van der Waals surface area contributed by atoms with Crippen LogP contribution in [0, 0.1) is 0 Å². The molecule has 0 radical (unpaired) electrons. The minimum Gasteiger partial charge on any atom is -0.324 e. The second-order valence-electron chi connectivity index (χ2n) is 6.51. The quantitative estimate of drug-likeness (QED) is 0.335. The molecule has 0 spiro atoms. The number of para-hydroxylation sites is 1. The molecular formula is C21H24N4O2S.